The number of carbonyl (C=O) groups is 1. The number of halogens is 1. The fourth-order valence-corrected chi connectivity index (χ4v) is 3.55. The van der Waals surface area contributed by atoms with Crippen LogP contribution in [0.1, 0.15) is 18.1 Å². The second kappa shape index (κ2) is 10.7. The summed E-state index contributed by atoms with van der Waals surface area (Å²) in [6.07, 6.45) is 0. The van der Waals surface area contributed by atoms with E-state index < -0.39 is 0 Å². The Kier molecular flexibility index (Phi) is 7.74. The zero-order valence-corrected chi connectivity index (χ0v) is 18.7. The first-order chi connectivity index (χ1) is 14.5. The van der Waals surface area contributed by atoms with Gasteiger partial charge in [-0.3, -0.25) is 4.79 Å². The summed E-state index contributed by atoms with van der Waals surface area (Å²) < 4.78 is 12.3. The van der Waals surface area contributed by atoms with E-state index in [1.54, 1.807) is 0 Å². The summed E-state index contributed by atoms with van der Waals surface area (Å²) >= 11 is 3.56. The first-order valence-electron chi connectivity index (χ1n) is 9.78. The number of benzene rings is 3. The lowest BCUT2D eigenvalue weighted by Gasteiger charge is -2.16. The van der Waals surface area contributed by atoms with Gasteiger partial charge in [-0.1, -0.05) is 30.3 Å². The van der Waals surface area contributed by atoms with Gasteiger partial charge < -0.3 is 20.1 Å². The molecule has 1 amide bonds. The van der Waals surface area contributed by atoms with Crippen LogP contribution in [0.3, 0.4) is 0 Å². The predicted octanol–water partition coefficient (Wildman–Crippen LogP) is 5.79. The van der Waals surface area contributed by atoms with Crippen molar-refractivity contribution in [1.29, 1.82) is 0 Å². The van der Waals surface area contributed by atoms with Crippen LogP contribution < -0.4 is 20.1 Å². The molecule has 2 N–H and O–H groups in total. The average Bonchev–Trinajstić information content (AvgIpc) is 2.73. The highest BCUT2D eigenvalue weighted by Gasteiger charge is 2.14. The number of aryl methyl sites for hydroxylation is 1. The number of amides is 1. The van der Waals surface area contributed by atoms with Crippen LogP contribution in [0.15, 0.2) is 71.2 Å². The van der Waals surface area contributed by atoms with Crippen LogP contribution in [0.2, 0.25) is 0 Å². The summed E-state index contributed by atoms with van der Waals surface area (Å²) in [5, 5.41) is 6.22. The van der Waals surface area contributed by atoms with Gasteiger partial charge >= 0.3 is 0 Å². The number of carbonyl (C=O) groups excluding carboxylic acids is 1. The maximum Gasteiger partial charge on any atom is 0.262 e. The molecular formula is C24H25BrN2O3. The van der Waals surface area contributed by atoms with Gasteiger partial charge in [0.25, 0.3) is 5.91 Å². The van der Waals surface area contributed by atoms with E-state index in [1.165, 1.54) is 5.56 Å². The van der Waals surface area contributed by atoms with Crippen molar-refractivity contribution < 1.29 is 14.3 Å². The second-order valence-electron chi connectivity index (χ2n) is 6.76. The molecule has 3 aromatic rings. The third-order valence-corrected chi connectivity index (χ3v) is 4.88. The number of ether oxygens (including phenoxy) is 2. The van der Waals surface area contributed by atoms with E-state index in [0.29, 0.717) is 24.7 Å². The van der Waals surface area contributed by atoms with Crippen LogP contribution in [0.4, 0.5) is 11.4 Å². The van der Waals surface area contributed by atoms with Crippen LogP contribution in [-0.4, -0.2) is 19.1 Å². The minimum atomic E-state index is -0.235. The molecule has 0 aromatic heterocycles. The Bertz CT molecular complexity index is 993. The van der Waals surface area contributed by atoms with E-state index in [-0.39, 0.29) is 12.5 Å². The molecule has 3 rings (SSSR count). The minimum absolute atomic E-state index is 0.117. The summed E-state index contributed by atoms with van der Waals surface area (Å²) in [7, 11) is 0. The van der Waals surface area contributed by atoms with Gasteiger partial charge in [0, 0.05) is 17.9 Å². The van der Waals surface area contributed by atoms with Crippen LogP contribution in [0.25, 0.3) is 0 Å². The van der Waals surface area contributed by atoms with Gasteiger partial charge in [-0.2, -0.15) is 0 Å². The molecule has 0 spiro atoms. The molecule has 0 saturated heterocycles. The topological polar surface area (TPSA) is 59.6 Å². The van der Waals surface area contributed by atoms with Gasteiger partial charge in [0.1, 0.15) is 0 Å². The van der Waals surface area contributed by atoms with Gasteiger partial charge in [-0.05, 0) is 77.3 Å². The van der Waals surface area contributed by atoms with Crippen molar-refractivity contribution >= 4 is 33.2 Å². The lowest BCUT2D eigenvalue weighted by Crippen LogP contribution is -2.20. The van der Waals surface area contributed by atoms with Gasteiger partial charge in [0.2, 0.25) is 0 Å². The second-order valence-corrected chi connectivity index (χ2v) is 7.62. The Morgan fingerprint density at radius 2 is 1.73 bits per heavy atom. The molecule has 3 aromatic carbocycles. The Morgan fingerprint density at radius 1 is 0.967 bits per heavy atom. The maximum atomic E-state index is 12.2. The van der Waals surface area contributed by atoms with Crippen molar-refractivity contribution in [1.82, 2.24) is 0 Å². The zero-order chi connectivity index (χ0) is 21.3. The maximum absolute atomic E-state index is 12.2. The van der Waals surface area contributed by atoms with E-state index in [9.17, 15) is 4.79 Å². The Morgan fingerprint density at radius 3 is 2.47 bits per heavy atom. The number of nitrogens with one attached hydrogen (secondary N) is 2. The van der Waals surface area contributed by atoms with Gasteiger partial charge in [-0.15, -0.1) is 0 Å². The molecule has 5 nitrogen and oxygen atoms in total. The molecule has 0 bridgehead atoms. The lowest BCUT2D eigenvalue weighted by atomic mass is 10.1. The van der Waals surface area contributed by atoms with E-state index >= 15 is 0 Å². The Balaban J connectivity index is 1.67. The number of hydrogen-bond donors (Lipinski definition) is 2. The summed E-state index contributed by atoms with van der Waals surface area (Å²) in [5.74, 6) is 0.875. The standard InChI is InChI=1S/C24H25BrN2O3/c1-3-29-22-14-18(15-26-20-11-7-8-17(2)12-20)13-21(25)24(22)30-16-23(28)27-19-9-5-4-6-10-19/h4-14,26H,3,15-16H2,1-2H3,(H,27,28). The molecule has 0 aliphatic carbocycles. The summed E-state index contributed by atoms with van der Waals surface area (Å²) in [4.78, 5) is 12.2. The van der Waals surface area contributed by atoms with E-state index in [1.807, 2.05) is 61.5 Å². The van der Waals surface area contributed by atoms with E-state index in [2.05, 4.69) is 45.6 Å². The monoisotopic (exact) mass is 468 g/mol. The van der Waals surface area contributed by atoms with Crippen molar-refractivity contribution in [3.05, 3.63) is 82.3 Å². The van der Waals surface area contributed by atoms with Crippen molar-refractivity contribution in [2.45, 2.75) is 20.4 Å². The molecule has 0 aliphatic heterocycles. The van der Waals surface area contributed by atoms with Crippen molar-refractivity contribution in [2.75, 3.05) is 23.8 Å². The van der Waals surface area contributed by atoms with Crippen molar-refractivity contribution in [3.8, 4) is 11.5 Å². The first kappa shape index (κ1) is 21.7. The van der Waals surface area contributed by atoms with Crippen molar-refractivity contribution in [2.24, 2.45) is 0 Å². The fourth-order valence-electron chi connectivity index (χ4n) is 2.94. The summed E-state index contributed by atoms with van der Waals surface area (Å²) in [6.45, 7) is 4.99. The van der Waals surface area contributed by atoms with E-state index in [4.69, 9.17) is 9.47 Å². The molecule has 0 radical (unpaired) electrons. The summed E-state index contributed by atoms with van der Waals surface area (Å²) in [5.41, 5.74) is 4.02. The third kappa shape index (κ3) is 6.26. The van der Waals surface area contributed by atoms with Crippen LogP contribution in [0, 0.1) is 6.92 Å². The van der Waals surface area contributed by atoms with Crippen LogP contribution in [0.5, 0.6) is 11.5 Å². The van der Waals surface area contributed by atoms with Gasteiger partial charge in [0.05, 0.1) is 11.1 Å². The third-order valence-electron chi connectivity index (χ3n) is 4.29. The normalized spacial score (nSPS) is 10.4. The SMILES string of the molecule is CCOc1cc(CNc2cccc(C)c2)cc(Br)c1OCC(=O)Nc1ccccc1. The highest BCUT2D eigenvalue weighted by Crippen LogP contribution is 2.37. The molecule has 6 heteroatoms. The lowest BCUT2D eigenvalue weighted by molar-refractivity contribution is -0.118. The molecule has 156 valence electrons. The largest absolute Gasteiger partial charge is 0.490 e. The number of para-hydroxylation sites is 1. The quantitative estimate of drug-likeness (QED) is 0.417. The van der Waals surface area contributed by atoms with Crippen LogP contribution >= 0.6 is 15.9 Å². The van der Waals surface area contributed by atoms with Gasteiger partial charge in [0.15, 0.2) is 18.1 Å². The van der Waals surface area contributed by atoms with Gasteiger partial charge in [-0.25, -0.2) is 0 Å². The highest BCUT2D eigenvalue weighted by atomic mass is 79.9. The molecule has 0 atom stereocenters. The Labute approximate surface area is 185 Å². The van der Waals surface area contributed by atoms with E-state index in [0.717, 1.165) is 21.4 Å². The molecule has 0 saturated carbocycles. The molecular weight excluding hydrogens is 444 g/mol. The number of hydrogen-bond acceptors (Lipinski definition) is 4. The molecule has 0 fully saturated rings. The highest BCUT2D eigenvalue weighted by molar-refractivity contribution is 9.10. The molecule has 0 heterocycles. The molecule has 0 aliphatic rings. The summed E-state index contributed by atoms with van der Waals surface area (Å²) in [6, 6.07) is 21.4. The minimum Gasteiger partial charge on any atom is -0.490 e. The zero-order valence-electron chi connectivity index (χ0n) is 17.1. The average molecular weight is 469 g/mol. The van der Waals surface area contributed by atoms with Crippen molar-refractivity contribution in [3.63, 3.8) is 0 Å². The first-order valence-corrected chi connectivity index (χ1v) is 10.6. The smallest absolute Gasteiger partial charge is 0.262 e. The Hall–Kier alpha value is -2.99. The van der Waals surface area contributed by atoms with Crippen LogP contribution in [-0.2, 0) is 11.3 Å². The number of anilines is 2. The molecule has 30 heavy (non-hydrogen) atoms. The molecule has 0 unspecified atom stereocenters. The predicted molar refractivity (Wildman–Crippen MR) is 124 cm³/mol. The fraction of sp³-hybridized carbons (Fsp3) is 0.208. The number of rotatable bonds is 9.